The molecule has 28 heavy (non-hydrogen) atoms. The van der Waals surface area contributed by atoms with Gasteiger partial charge in [0.25, 0.3) is 5.56 Å². The Morgan fingerprint density at radius 2 is 2.00 bits per heavy atom. The van der Waals surface area contributed by atoms with Crippen molar-refractivity contribution in [3.05, 3.63) is 63.9 Å². The molecule has 0 bridgehead atoms. The second kappa shape index (κ2) is 8.61. The topological polar surface area (TPSA) is 61.2 Å². The van der Waals surface area contributed by atoms with E-state index in [2.05, 4.69) is 6.92 Å². The van der Waals surface area contributed by atoms with E-state index in [0.717, 1.165) is 17.7 Å². The zero-order valence-electron chi connectivity index (χ0n) is 16.6. The molecule has 0 aliphatic heterocycles. The Balaban J connectivity index is 2.04. The van der Waals surface area contributed by atoms with E-state index in [0.29, 0.717) is 27.4 Å². The van der Waals surface area contributed by atoms with Crippen LogP contribution in [-0.2, 0) is 5.75 Å². The van der Waals surface area contributed by atoms with E-state index < -0.39 is 0 Å². The third-order valence-electron chi connectivity index (χ3n) is 4.85. The maximum atomic E-state index is 13.1. The van der Waals surface area contributed by atoms with Crippen molar-refractivity contribution >= 4 is 28.4 Å². The number of Topliss-reactive ketones (excluding diaryl/α,β-unsaturated/α-hetero) is 1. The fourth-order valence-electron chi connectivity index (χ4n) is 3.05. The number of nitrogens with zero attached hydrogens (tertiary/aromatic N) is 2. The molecule has 1 atom stereocenters. The van der Waals surface area contributed by atoms with E-state index in [1.54, 1.807) is 24.7 Å². The molecule has 6 heteroatoms. The van der Waals surface area contributed by atoms with Crippen LogP contribution in [0.2, 0.25) is 0 Å². The summed E-state index contributed by atoms with van der Waals surface area (Å²) in [6.45, 7) is 5.63. The van der Waals surface area contributed by atoms with Crippen molar-refractivity contribution in [3.63, 3.8) is 0 Å². The molecule has 0 fully saturated rings. The molecule has 0 saturated heterocycles. The predicted molar refractivity (Wildman–Crippen MR) is 114 cm³/mol. The van der Waals surface area contributed by atoms with Gasteiger partial charge in [0, 0.05) is 22.9 Å². The van der Waals surface area contributed by atoms with Gasteiger partial charge in [0.2, 0.25) is 0 Å². The fraction of sp³-hybridized carbons (Fsp3) is 0.318. The number of aromatic nitrogens is 2. The maximum absolute atomic E-state index is 13.1. The lowest BCUT2D eigenvalue weighted by molar-refractivity contribution is 0.101. The largest absolute Gasteiger partial charge is 0.496 e. The number of hydrogen-bond acceptors (Lipinski definition) is 5. The van der Waals surface area contributed by atoms with E-state index in [1.165, 1.54) is 11.8 Å². The zero-order chi connectivity index (χ0) is 20.3. The maximum Gasteiger partial charge on any atom is 0.262 e. The molecule has 2 aromatic carbocycles. The van der Waals surface area contributed by atoms with Crippen LogP contribution in [0, 0.1) is 0 Å². The molecule has 1 aromatic heterocycles. The standard InChI is InChI=1S/C22H24N2O3S/c1-5-14(2)24-21(26)18-8-6-7-9-19(18)23-22(24)28-13-17-12-16(15(3)25)10-11-20(17)27-4/h6-12,14H,5,13H2,1-4H3/t14-/m0/s1. The third kappa shape index (κ3) is 3.97. The average Bonchev–Trinajstić information content (AvgIpc) is 2.71. The Kier molecular flexibility index (Phi) is 6.19. The van der Waals surface area contributed by atoms with Crippen LogP contribution >= 0.6 is 11.8 Å². The molecule has 0 radical (unpaired) electrons. The molecular formula is C22H24N2O3S. The highest BCUT2D eigenvalue weighted by Crippen LogP contribution is 2.30. The number of carbonyl (C=O) groups excluding carboxylic acids is 1. The molecule has 0 aliphatic carbocycles. The summed E-state index contributed by atoms with van der Waals surface area (Å²) >= 11 is 1.48. The minimum Gasteiger partial charge on any atom is -0.496 e. The number of para-hydroxylation sites is 1. The molecule has 0 unspecified atom stereocenters. The monoisotopic (exact) mass is 396 g/mol. The first-order chi connectivity index (χ1) is 13.5. The number of methoxy groups -OCH3 is 1. The minimum atomic E-state index is -0.0214. The molecule has 1 heterocycles. The molecule has 3 aromatic rings. The quantitative estimate of drug-likeness (QED) is 0.324. The van der Waals surface area contributed by atoms with Crippen molar-refractivity contribution in [1.29, 1.82) is 0 Å². The molecule has 0 saturated carbocycles. The lowest BCUT2D eigenvalue weighted by atomic mass is 10.1. The van der Waals surface area contributed by atoms with E-state index in [4.69, 9.17) is 9.72 Å². The van der Waals surface area contributed by atoms with Gasteiger partial charge in [-0.1, -0.05) is 30.8 Å². The van der Waals surface area contributed by atoms with Gasteiger partial charge in [0.15, 0.2) is 10.9 Å². The van der Waals surface area contributed by atoms with Gasteiger partial charge >= 0.3 is 0 Å². The van der Waals surface area contributed by atoms with Crippen LogP contribution in [0.5, 0.6) is 5.75 Å². The van der Waals surface area contributed by atoms with Gasteiger partial charge in [-0.2, -0.15) is 0 Å². The van der Waals surface area contributed by atoms with Crippen molar-refractivity contribution in [2.75, 3.05) is 7.11 Å². The SMILES string of the molecule is CC[C@H](C)n1c(SCc2cc(C(C)=O)ccc2OC)nc2ccccc2c1=O. The Labute approximate surface area is 168 Å². The number of thioether (sulfide) groups is 1. The van der Waals surface area contributed by atoms with Crippen molar-refractivity contribution < 1.29 is 9.53 Å². The molecule has 146 valence electrons. The first-order valence-electron chi connectivity index (χ1n) is 9.28. The van der Waals surface area contributed by atoms with Crippen molar-refractivity contribution in [2.45, 2.75) is 44.1 Å². The van der Waals surface area contributed by atoms with Gasteiger partial charge in [-0.15, -0.1) is 0 Å². The Hall–Kier alpha value is -2.60. The number of fused-ring (bicyclic) bond motifs is 1. The number of benzene rings is 2. The smallest absolute Gasteiger partial charge is 0.262 e. The van der Waals surface area contributed by atoms with Crippen molar-refractivity contribution in [3.8, 4) is 5.75 Å². The summed E-state index contributed by atoms with van der Waals surface area (Å²) < 4.78 is 7.22. The predicted octanol–water partition coefficient (Wildman–Crippen LogP) is 4.87. The summed E-state index contributed by atoms with van der Waals surface area (Å²) in [6.07, 6.45) is 0.830. The summed E-state index contributed by atoms with van der Waals surface area (Å²) in [5.41, 5.74) is 2.21. The minimum absolute atomic E-state index is 0.00856. The fourth-order valence-corrected chi connectivity index (χ4v) is 4.13. The first kappa shape index (κ1) is 20.1. The number of ketones is 1. The number of hydrogen-bond donors (Lipinski definition) is 0. The summed E-state index contributed by atoms with van der Waals surface area (Å²) in [4.78, 5) is 29.6. The molecule has 3 rings (SSSR count). The van der Waals surface area contributed by atoms with E-state index in [-0.39, 0.29) is 17.4 Å². The van der Waals surface area contributed by atoms with Crippen LogP contribution in [0.15, 0.2) is 52.4 Å². The zero-order valence-corrected chi connectivity index (χ0v) is 17.4. The highest BCUT2D eigenvalue weighted by atomic mass is 32.2. The summed E-state index contributed by atoms with van der Waals surface area (Å²) in [7, 11) is 1.61. The van der Waals surface area contributed by atoms with Crippen LogP contribution in [0.1, 0.15) is 49.2 Å². The van der Waals surface area contributed by atoms with Crippen molar-refractivity contribution in [2.24, 2.45) is 0 Å². The summed E-state index contributed by atoms with van der Waals surface area (Å²) in [5.74, 6) is 1.27. The first-order valence-corrected chi connectivity index (χ1v) is 10.3. The summed E-state index contributed by atoms with van der Waals surface area (Å²) in [5, 5.41) is 1.30. The van der Waals surface area contributed by atoms with Crippen LogP contribution < -0.4 is 10.3 Å². The highest BCUT2D eigenvalue weighted by Gasteiger charge is 2.16. The van der Waals surface area contributed by atoms with Gasteiger partial charge in [-0.3, -0.25) is 14.2 Å². The molecule has 0 spiro atoms. The molecule has 0 N–H and O–H groups in total. The summed E-state index contributed by atoms with van der Waals surface area (Å²) in [6, 6.07) is 12.9. The lowest BCUT2D eigenvalue weighted by Gasteiger charge is -2.18. The highest BCUT2D eigenvalue weighted by molar-refractivity contribution is 7.98. The third-order valence-corrected chi connectivity index (χ3v) is 5.85. The number of rotatable bonds is 7. The number of carbonyl (C=O) groups is 1. The van der Waals surface area contributed by atoms with E-state index in [9.17, 15) is 9.59 Å². The van der Waals surface area contributed by atoms with Crippen LogP contribution in [-0.4, -0.2) is 22.4 Å². The Bertz CT molecular complexity index is 1080. The van der Waals surface area contributed by atoms with Crippen LogP contribution in [0.25, 0.3) is 10.9 Å². The molecule has 0 amide bonds. The van der Waals surface area contributed by atoms with Gasteiger partial charge in [-0.25, -0.2) is 4.98 Å². The Morgan fingerprint density at radius 1 is 1.25 bits per heavy atom. The second-order valence-corrected chi connectivity index (χ2v) is 7.66. The second-order valence-electron chi connectivity index (χ2n) is 6.72. The van der Waals surface area contributed by atoms with Crippen LogP contribution in [0.3, 0.4) is 0 Å². The molecule has 5 nitrogen and oxygen atoms in total. The van der Waals surface area contributed by atoms with Gasteiger partial charge in [0.1, 0.15) is 5.75 Å². The van der Waals surface area contributed by atoms with Crippen LogP contribution in [0.4, 0.5) is 0 Å². The Morgan fingerprint density at radius 3 is 2.68 bits per heavy atom. The molecular weight excluding hydrogens is 372 g/mol. The number of ether oxygens (including phenoxy) is 1. The van der Waals surface area contributed by atoms with Gasteiger partial charge in [-0.05, 0) is 50.6 Å². The lowest BCUT2D eigenvalue weighted by Crippen LogP contribution is -2.26. The van der Waals surface area contributed by atoms with Gasteiger partial charge in [0.05, 0.1) is 18.0 Å². The normalized spacial score (nSPS) is 12.1. The van der Waals surface area contributed by atoms with Crippen molar-refractivity contribution in [1.82, 2.24) is 9.55 Å². The average molecular weight is 397 g/mol. The molecule has 0 aliphatic rings. The van der Waals surface area contributed by atoms with E-state index in [1.807, 2.05) is 43.3 Å². The van der Waals surface area contributed by atoms with Gasteiger partial charge < -0.3 is 4.74 Å². The van der Waals surface area contributed by atoms with E-state index >= 15 is 0 Å².